The van der Waals surface area contributed by atoms with Gasteiger partial charge in [0, 0.05) is 0 Å². The van der Waals surface area contributed by atoms with Crippen LogP contribution in [0.1, 0.15) is 12.0 Å². The maximum atomic E-state index is 5.65. The Bertz CT molecular complexity index is 325. The molecule has 0 fully saturated rings. The molecule has 14 heavy (non-hydrogen) atoms. The number of hydrogen-bond donors (Lipinski definition) is 2. The fourth-order valence-electron chi connectivity index (χ4n) is 1.68. The van der Waals surface area contributed by atoms with E-state index < -0.39 is 0 Å². The highest BCUT2D eigenvalue weighted by atomic mass is 16.5. The van der Waals surface area contributed by atoms with Crippen molar-refractivity contribution in [1.82, 2.24) is 0 Å². The number of hydrogen-bond acceptors (Lipinski definition) is 3. The summed E-state index contributed by atoms with van der Waals surface area (Å²) in [6.07, 6.45) is 0.952. The number of anilines is 1. The van der Waals surface area contributed by atoms with Gasteiger partial charge < -0.3 is 15.8 Å². The summed E-state index contributed by atoms with van der Waals surface area (Å²) in [5.41, 5.74) is 7.82. The maximum absolute atomic E-state index is 5.65. The molecule has 1 atom stereocenters. The molecule has 76 valence electrons. The number of fused-ring (bicyclic) bond motifs is 1. The second-order valence-corrected chi connectivity index (χ2v) is 3.73. The van der Waals surface area contributed by atoms with E-state index in [1.165, 1.54) is 5.56 Å². The molecule has 3 nitrogen and oxygen atoms in total. The number of nitrogens with one attached hydrogen (secondary N) is 1. The van der Waals surface area contributed by atoms with Crippen LogP contribution in [0.3, 0.4) is 0 Å². The minimum atomic E-state index is 0.357. The summed E-state index contributed by atoms with van der Waals surface area (Å²) in [6.45, 7) is 3.48. The SMILES string of the molecule is Cc1ccc2c(c1)OCC(CCN)N2. The molecule has 1 unspecified atom stereocenters. The van der Waals surface area contributed by atoms with Crippen LogP contribution in [0, 0.1) is 6.92 Å². The zero-order valence-electron chi connectivity index (χ0n) is 8.42. The first-order valence-electron chi connectivity index (χ1n) is 4.99. The van der Waals surface area contributed by atoms with Crippen molar-refractivity contribution < 1.29 is 4.74 Å². The van der Waals surface area contributed by atoms with Crippen molar-refractivity contribution in [3.63, 3.8) is 0 Å². The first-order valence-corrected chi connectivity index (χ1v) is 4.99. The van der Waals surface area contributed by atoms with Crippen molar-refractivity contribution in [1.29, 1.82) is 0 Å². The summed E-state index contributed by atoms with van der Waals surface area (Å²) in [5, 5.41) is 3.42. The van der Waals surface area contributed by atoms with Gasteiger partial charge in [-0.25, -0.2) is 0 Å². The Labute approximate surface area is 84.3 Å². The molecule has 3 N–H and O–H groups in total. The Morgan fingerprint density at radius 1 is 1.57 bits per heavy atom. The van der Waals surface area contributed by atoms with Gasteiger partial charge in [-0.05, 0) is 37.6 Å². The lowest BCUT2D eigenvalue weighted by Gasteiger charge is -2.27. The van der Waals surface area contributed by atoms with E-state index in [1.807, 2.05) is 0 Å². The van der Waals surface area contributed by atoms with Gasteiger partial charge in [-0.15, -0.1) is 0 Å². The number of benzene rings is 1. The number of nitrogens with two attached hydrogens (primary N) is 1. The molecule has 0 amide bonds. The fraction of sp³-hybridized carbons (Fsp3) is 0.455. The molecule has 1 aliphatic heterocycles. The van der Waals surface area contributed by atoms with Crippen molar-refractivity contribution in [2.24, 2.45) is 5.73 Å². The molecule has 0 saturated carbocycles. The quantitative estimate of drug-likeness (QED) is 0.746. The first kappa shape index (κ1) is 9.34. The molecule has 1 aromatic rings. The first-order chi connectivity index (χ1) is 6.79. The molecule has 0 saturated heterocycles. The van der Waals surface area contributed by atoms with Gasteiger partial charge >= 0.3 is 0 Å². The van der Waals surface area contributed by atoms with Gasteiger partial charge in [-0.3, -0.25) is 0 Å². The Kier molecular flexibility index (Phi) is 2.59. The second kappa shape index (κ2) is 3.88. The van der Waals surface area contributed by atoms with E-state index in [4.69, 9.17) is 10.5 Å². The molecular weight excluding hydrogens is 176 g/mol. The molecular formula is C11H16N2O. The number of aryl methyl sites for hydroxylation is 1. The average molecular weight is 192 g/mol. The van der Waals surface area contributed by atoms with E-state index >= 15 is 0 Å². The van der Waals surface area contributed by atoms with E-state index in [0.29, 0.717) is 19.2 Å². The van der Waals surface area contributed by atoms with Crippen LogP contribution in [0.5, 0.6) is 5.75 Å². The van der Waals surface area contributed by atoms with Crippen LogP contribution in [0.2, 0.25) is 0 Å². The summed E-state index contributed by atoms with van der Waals surface area (Å²) >= 11 is 0. The third-order valence-corrected chi connectivity index (χ3v) is 2.45. The number of ether oxygens (including phenoxy) is 1. The molecule has 0 aromatic heterocycles. The topological polar surface area (TPSA) is 47.3 Å². The molecule has 0 aliphatic carbocycles. The highest BCUT2D eigenvalue weighted by molar-refractivity contribution is 5.59. The largest absolute Gasteiger partial charge is 0.489 e. The molecule has 1 aromatic carbocycles. The summed E-state index contributed by atoms with van der Waals surface area (Å²) in [6, 6.07) is 6.56. The van der Waals surface area contributed by atoms with Gasteiger partial charge in [0.2, 0.25) is 0 Å². The van der Waals surface area contributed by atoms with E-state index in [1.54, 1.807) is 0 Å². The Morgan fingerprint density at radius 3 is 3.21 bits per heavy atom. The lowest BCUT2D eigenvalue weighted by Crippen LogP contribution is -2.33. The monoisotopic (exact) mass is 192 g/mol. The van der Waals surface area contributed by atoms with Crippen molar-refractivity contribution in [3.05, 3.63) is 23.8 Å². The van der Waals surface area contributed by atoms with Crippen molar-refractivity contribution in [3.8, 4) is 5.75 Å². The summed E-state index contributed by atoms with van der Waals surface area (Å²) in [7, 11) is 0. The van der Waals surface area contributed by atoms with Crippen LogP contribution in [0.25, 0.3) is 0 Å². The molecule has 0 radical (unpaired) electrons. The lowest BCUT2D eigenvalue weighted by atomic mass is 10.1. The third kappa shape index (κ3) is 1.82. The van der Waals surface area contributed by atoms with Gasteiger partial charge in [0.15, 0.2) is 0 Å². The summed E-state index contributed by atoms with van der Waals surface area (Å²) in [4.78, 5) is 0. The lowest BCUT2D eigenvalue weighted by molar-refractivity contribution is 0.279. The molecule has 3 heteroatoms. The van der Waals surface area contributed by atoms with Crippen molar-refractivity contribution in [2.45, 2.75) is 19.4 Å². The standard InChI is InChI=1S/C11H16N2O/c1-8-2-3-10-11(6-8)14-7-9(13-10)4-5-12/h2-3,6,9,13H,4-5,7,12H2,1H3. The zero-order chi connectivity index (χ0) is 9.97. The minimum absolute atomic E-state index is 0.357. The van der Waals surface area contributed by atoms with Gasteiger partial charge in [-0.1, -0.05) is 6.07 Å². The normalized spacial score (nSPS) is 19.4. The van der Waals surface area contributed by atoms with Gasteiger partial charge in [0.05, 0.1) is 11.7 Å². The van der Waals surface area contributed by atoms with E-state index in [9.17, 15) is 0 Å². The predicted molar refractivity (Wildman–Crippen MR) is 57.8 cm³/mol. The van der Waals surface area contributed by atoms with Crippen molar-refractivity contribution in [2.75, 3.05) is 18.5 Å². The van der Waals surface area contributed by atoms with Crippen molar-refractivity contribution >= 4 is 5.69 Å². The van der Waals surface area contributed by atoms with Crippen LogP contribution in [-0.2, 0) is 0 Å². The molecule has 1 heterocycles. The fourth-order valence-corrected chi connectivity index (χ4v) is 1.68. The smallest absolute Gasteiger partial charge is 0.142 e. The Balaban J connectivity index is 2.15. The highest BCUT2D eigenvalue weighted by Gasteiger charge is 2.17. The highest BCUT2D eigenvalue weighted by Crippen LogP contribution is 2.29. The van der Waals surface area contributed by atoms with Crippen LogP contribution >= 0.6 is 0 Å². The van der Waals surface area contributed by atoms with E-state index in [0.717, 1.165) is 17.9 Å². The second-order valence-electron chi connectivity index (χ2n) is 3.73. The Hall–Kier alpha value is -1.22. The predicted octanol–water partition coefficient (Wildman–Crippen LogP) is 1.52. The maximum Gasteiger partial charge on any atom is 0.142 e. The molecule has 2 rings (SSSR count). The average Bonchev–Trinajstić information content (AvgIpc) is 2.19. The van der Waals surface area contributed by atoms with E-state index in [2.05, 4.69) is 30.4 Å². The number of rotatable bonds is 2. The van der Waals surface area contributed by atoms with E-state index in [-0.39, 0.29) is 0 Å². The summed E-state index contributed by atoms with van der Waals surface area (Å²) < 4.78 is 5.65. The molecule has 0 bridgehead atoms. The minimum Gasteiger partial charge on any atom is -0.489 e. The van der Waals surface area contributed by atoms with Gasteiger partial charge in [0.25, 0.3) is 0 Å². The molecule has 1 aliphatic rings. The van der Waals surface area contributed by atoms with Gasteiger partial charge in [-0.2, -0.15) is 0 Å². The Morgan fingerprint density at radius 2 is 2.43 bits per heavy atom. The third-order valence-electron chi connectivity index (χ3n) is 2.45. The molecule has 0 spiro atoms. The summed E-state index contributed by atoms with van der Waals surface area (Å²) in [5.74, 6) is 0.957. The van der Waals surface area contributed by atoms with Gasteiger partial charge in [0.1, 0.15) is 12.4 Å². The van der Waals surface area contributed by atoms with Crippen LogP contribution < -0.4 is 15.8 Å². The van der Waals surface area contributed by atoms with Crippen LogP contribution in [0.15, 0.2) is 18.2 Å². The van der Waals surface area contributed by atoms with Crippen LogP contribution in [0.4, 0.5) is 5.69 Å². The van der Waals surface area contributed by atoms with Crippen LogP contribution in [-0.4, -0.2) is 19.2 Å². The zero-order valence-corrected chi connectivity index (χ0v) is 8.42.